The van der Waals surface area contributed by atoms with Crippen LogP contribution in [0.25, 0.3) is 0 Å². The van der Waals surface area contributed by atoms with E-state index in [4.69, 9.17) is 18.9 Å². The Morgan fingerprint density at radius 3 is 2.15 bits per heavy atom. The zero-order valence-electron chi connectivity index (χ0n) is 12.1. The molecule has 1 aliphatic carbocycles. The van der Waals surface area contributed by atoms with E-state index in [-0.39, 0.29) is 12.4 Å². The number of rotatable bonds is 6. The molecule has 0 spiro atoms. The van der Waals surface area contributed by atoms with Crippen molar-refractivity contribution in [2.45, 2.75) is 31.3 Å². The third-order valence-electron chi connectivity index (χ3n) is 3.66. The first kappa shape index (κ1) is 14.5. The molecule has 20 heavy (non-hydrogen) atoms. The molecule has 110 valence electrons. The van der Waals surface area contributed by atoms with Gasteiger partial charge in [0.2, 0.25) is 5.75 Å². The summed E-state index contributed by atoms with van der Waals surface area (Å²) in [6.07, 6.45) is 2.92. The van der Waals surface area contributed by atoms with Gasteiger partial charge in [0.05, 0.1) is 27.8 Å². The lowest BCUT2D eigenvalue weighted by atomic mass is 9.77. The first-order valence-corrected chi connectivity index (χ1v) is 6.61. The molecule has 0 radical (unpaired) electrons. The molecule has 1 aromatic rings. The van der Waals surface area contributed by atoms with Crippen LogP contribution in [0.3, 0.4) is 0 Å². The minimum Gasteiger partial charge on any atom is -0.493 e. The van der Waals surface area contributed by atoms with Gasteiger partial charge in [-0.05, 0) is 31.4 Å². The molecule has 1 saturated carbocycles. The normalized spacial score (nSPS) is 15.9. The highest BCUT2D eigenvalue weighted by molar-refractivity contribution is 5.71. The number of para-hydroxylation sites is 1. The van der Waals surface area contributed by atoms with Gasteiger partial charge in [-0.3, -0.25) is 4.79 Å². The van der Waals surface area contributed by atoms with E-state index in [1.54, 1.807) is 14.2 Å². The number of carbonyl (C=O) groups is 1. The molecule has 5 heteroatoms. The fourth-order valence-electron chi connectivity index (χ4n) is 2.36. The van der Waals surface area contributed by atoms with E-state index in [0.29, 0.717) is 17.2 Å². The summed E-state index contributed by atoms with van der Waals surface area (Å²) in [7, 11) is 4.54. The van der Waals surface area contributed by atoms with Crippen LogP contribution in [0.5, 0.6) is 17.2 Å². The maximum atomic E-state index is 11.6. The monoisotopic (exact) mass is 280 g/mol. The second-order valence-corrected chi connectivity index (χ2v) is 4.88. The van der Waals surface area contributed by atoms with Gasteiger partial charge in [-0.1, -0.05) is 6.07 Å². The van der Waals surface area contributed by atoms with E-state index in [2.05, 4.69) is 0 Å². The molecular weight excluding hydrogens is 260 g/mol. The van der Waals surface area contributed by atoms with Crippen molar-refractivity contribution in [3.8, 4) is 17.2 Å². The molecular formula is C15H20O5. The Morgan fingerprint density at radius 1 is 1.15 bits per heavy atom. The fraction of sp³-hybridized carbons (Fsp3) is 0.533. The molecule has 0 aliphatic heterocycles. The second-order valence-electron chi connectivity index (χ2n) is 4.88. The quantitative estimate of drug-likeness (QED) is 0.750. The topological polar surface area (TPSA) is 54.0 Å². The molecule has 0 N–H and O–H groups in total. The zero-order chi connectivity index (χ0) is 14.6. The first-order chi connectivity index (χ1) is 9.64. The molecule has 0 saturated heterocycles. The van der Waals surface area contributed by atoms with E-state index >= 15 is 0 Å². The standard InChI is InChI=1S/C15H20O5/c1-17-11-6-4-7-12(18-2)14(11)20-15(8-5-9-15)10-13(16)19-3/h4,6-7H,5,8-10H2,1-3H3. The van der Waals surface area contributed by atoms with Gasteiger partial charge in [0.25, 0.3) is 0 Å². The van der Waals surface area contributed by atoms with Crippen molar-refractivity contribution in [1.29, 1.82) is 0 Å². The number of hydrogen-bond acceptors (Lipinski definition) is 5. The average molecular weight is 280 g/mol. The maximum Gasteiger partial charge on any atom is 0.309 e. The van der Waals surface area contributed by atoms with Crippen molar-refractivity contribution < 1.29 is 23.7 Å². The van der Waals surface area contributed by atoms with Crippen molar-refractivity contribution in [3.63, 3.8) is 0 Å². The number of benzene rings is 1. The van der Waals surface area contributed by atoms with Crippen LogP contribution in [-0.2, 0) is 9.53 Å². The highest BCUT2D eigenvalue weighted by atomic mass is 16.6. The smallest absolute Gasteiger partial charge is 0.309 e. The molecule has 0 heterocycles. The maximum absolute atomic E-state index is 11.6. The SMILES string of the molecule is COC(=O)CC1(Oc2c(OC)cccc2OC)CCC1. The Kier molecular flexibility index (Phi) is 4.37. The molecule has 2 rings (SSSR count). The van der Waals surface area contributed by atoms with E-state index < -0.39 is 5.60 Å². The highest BCUT2D eigenvalue weighted by Crippen LogP contribution is 2.45. The number of carbonyl (C=O) groups excluding carboxylic acids is 1. The third-order valence-corrected chi connectivity index (χ3v) is 3.66. The molecule has 1 fully saturated rings. The van der Waals surface area contributed by atoms with Crippen LogP contribution < -0.4 is 14.2 Å². The summed E-state index contributed by atoms with van der Waals surface area (Å²) in [5, 5.41) is 0. The molecule has 5 nitrogen and oxygen atoms in total. The van der Waals surface area contributed by atoms with Crippen molar-refractivity contribution in [2.75, 3.05) is 21.3 Å². The summed E-state index contributed by atoms with van der Waals surface area (Å²) < 4.78 is 21.5. The molecule has 0 unspecified atom stereocenters. The predicted molar refractivity (Wildman–Crippen MR) is 73.4 cm³/mol. The van der Waals surface area contributed by atoms with Crippen LogP contribution in [0, 0.1) is 0 Å². The van der Waals surface area contributed by atoms with Crippen LogP contribution >= 0.6 is 0 Å². The lowest BCUT2D eigenvalue weighted by Gasteiger charge is -2.41. The Balaban J connectivity index is 2.25. The van der Waals surface area contributed by atoms with Gasteiger partial charge in [-0.25, -0.2) is 0 Å². The molecule has 0 amide bonds. The van der Waals surface area contributed by atoms with Crippen molar-refractivity contribution >= 4 is 5.97 Å². The number of esters is 1. The Labute approximate surface area is 118 Å². The van der Waals surface area contributed by atoms with E-state index in [0.717, 1.165) is 19.3 Å². The van der Waals surface area contributed by atoms with Crippen LogP contribution in [0.4, 0.5) is 0 Å². The average Bonchev–Trinajstić information content (AvgIpc) is 2.44. The van der Waals surface area contributed by atoms with Gasteiger partial charge in [0.15, 0.2) is 11.5 Å². The Hall–Kier alpha value is -1.91. The van der Waals surface area contributed by atoms with Crippen molar-refractivity contribution in [3.05, 3.63) is 18.2 Å². The summed E-state index contributed by atoms with van der Waals surface area (Å²) in [5.41, 5.74) is -0.505. The largest absolute Gasteiger partial charge is 0.493 e. The predicted octanol–water partition coefficient (Wildman–Crippen LogP) is 2.57. The van der Waals surface area contributed by atoms with Gasteiger partial charge >= 0.3 is 5.97 Å². The minimum atomic E-state index is -0.505. The summed E-state index contributed by atoms with van der Waals surface area (Å²) in [4.78, 5) is 11.6. The van der Waals surface area contributed by atoms with Crippen LogP contribution in [0.1, 0.15) is 25.7 Å². The summed E-state index contributed by atoms with van der Waals surface area (Å²) in [6.45, 7) is 0. The number of ether oxygens (including phenoxy) is 4. The highest BCUT2D eigenvalue weighted by Gasteiger charge is 2.43. The lowest BCUT2D eigenvalue weighted by Crippen LogP contribution is -2.45. The van der Waals surface area contributed by atoms with Crippen LogP contribution in [0.15, 0.2) is 18.2 Å². The summed E-state index contributed by atoms with van der Waals surface area (Å²) in [6, 6.07) is 5.45. The molecule has 0 aromatic heterocycles. The van der Waals surface area contributed by atoms with Crippen molar-refractivity contribution in [2.24, 2.45) is 0 Å². The molecule has 1 aliphatic rings. The zero-order valence-corrected chi connectivity index (χ0v) is 12.1. The molecule has 0 bridgehead atoms. The van der Waals surface area contributed by atoms with Crippen LogP contribution in [0.2, 0.25) is 0 Å². The minimum absolute atomic E-state index is 0.241. The summed E-state index contributed by atoms with van der Waals surface area (Å²) in [5.74, 6) is 1.47. The molecule has 0 atom stereocenters. The van der Waals surface area contributed by atoms with Crippen LogP contribution in [-0.4, -0.2) is 32.9 Å². The van der Waals surface area contributed by atoms with E-state index in [1.807, 2.05) is 18.2 Å². The van der Waals surface area contributed by atoms with Gasteiger partial charge in [0.1, 0.15) is 5.60 Å². The van der Waals surface area contributed by atoms with Gasteiger partial charge < -0.3 is 18.9 Å². The lowest BCUT2D eigenvalue weighted by molar-refractivity contribution is -0.148. The van der Waals surface area contributed by atoms with Gasteiger partial charge in [-0.2, -0.15) is 0 Å². The third kappa shape index (κ3) is 2.81. The fourth-order valence-corrected chi connectivity index (χ4v) is 2.36. The van der Waals surface area contributed by atoms with E-state index in [9.17, 15) is 4.79 Å². The first-order valence-electron chi connectivity index (χ1n) is 6.61. The summed E-state index contributed by atoms with van der Waals surface area (Å²) >= 11 is 0. The molecule has 1 aromatic carbocycles. The van der Waals surface area contributed by atoms with Gasteiger partial charge in [-0.15, -0.1) is 0 Å². The van der Waals surface area contributed by atoms with Crippen molar-refractivity contribution in [1.82, 2.24) is 0 Å². The number of hydrogen-bond donors (Lipinski definition) is 0. The van der Waals surface area contributed by atoms with Gasteiger partial charge in [0, 0.05) is 0 Å². The Morgan fingerprint density at radius 2 is 1.75 bits per heavy atom. The Bertz CT molecular complexity index is 457. The number of methoxy groups -OCH3 is 3. The van der Waals surface area contributed by atoms with E-state index in [1.165, 1.54) is 7.11 Å². The second kappa shape index (κ2) is 6.03.